The molecule has 120 valence electrons. The Labute approximate surface area is 181 Å². The van der Waals surface area contributed by atoms with Gasteiger partial charge >= 0.3 is 59.1 Å². The number of nitrogens with zero attached hydrogens (tertiary/aromatic N) is 3. The molecule has 0 saturated heterocycles. The Hall–Kier alpha value is 0.620. The first-order valence-electron chi connectivity index (χ1n) is 5.80. The van der Waals surface area contributed by atoms with Crippen molar-refractivity contribution in [3.63, 3.8) is 0 Å². The van der Waals surface area contributed by atoms with E-state index >= 15 is 0 Å². The summed E-state index contributed by atoms with van der Waals surface area (Å²) >= 11 is 0. The van der Waals surface area contributed by atoms with E-state index in [1.54, 1.807) is 30.3 Å². The maximum Gasteiger partial charge on any atom is 1.00 e. The minimum Gasteiger partial charge on any atom is -0.776 e. The van der Waals surface area contributed by atoms with Crippen LogP contribution in [0.15, 0.2) is 36.5 Å². The third-order valence-corrected chi connectivity index (χ3v) is 6.50. The molecule has 0 radical (unpaired) electrons. The van der Waals surface area contributed by atoms with Crippen molar-refractivity contribution >= 4 is 15.2 Å². The first-order valence-corrected chi connectivity index (χ1v) is 8.96. The standard InChI is InChI=1S/C10H13N3O7P2.2Na/c14-10(21(15,16)17,22(18,19)20)7-13-6-9(11-12-13)8-4-2-1-3-5-8;;/h1-6,14H,7H2,(H2,15,16,17)(H2,18,19,20);;/q;2*+1/p-2. The summed E-state index contributed by atoms with van der Waals surface area (Å²) < 4.78 is 22.9. The predicted molar refractivity (Wildman–Crippen MR) is 70.1 cm³/mol. The molecule has 0 fully saturated rings. The molecule has 2 rings (SSSR count). The third kappa shape index (κ3) is 5.31. The molecular weight excluding hydrogens is 382 g/mol. The van der Waals surface area contributed by atoms with Gasteiger partial charge in [-0.3, -0.25) is 0 Å². The minimum atomic E-state index is -5.85. The molecule has 1 heterocycles. The summed E-state index contributed by atoms with van der Waals surface area (Å²) in [5.74, 6) is 0. The fourth-order valence-electron chi connectivity index (χ4n) is 1.67. The number of benzene rings is 1. The Morgan fingerprint density at radius 2 is 1.58 bits per heavy atom. The van der Waals surface area contributed by atoms with E-state index in [1.165, 1.54) is 0 Å². The Balaban J connectivity index is 0.00000264. The van der Waals surface area contributed by atoms with Crippen molar-refractivity contribution in [3.05, 3.63) is 36.5 Å². The summed E-state index contributed by atoms with van der Waals surface area (Å²) in [4.78, 5) is 40.1. The van der Waals surface area contributed by atoms with Gasteiger partial charge in [-0.1, -0.05) is 35.5 Å². The molecule has 0 spiro atoms. The topological polar surface area (TPSA) is 172 Å². The SMILES string of the molecule is O=P([O-])(O)C(O)(Cn1cc(-c2ccccc2)nn1)P(=O)([O-])O.[Na+].[Na+]. The molecule has 0 saturated carbocycles. The number of rotatable bonds is 5. The summed E-state index contributed by atoms with van der Waals surface area (Å²) in [7, 11) is -11.7. The Bertz CT molecular complexity index is 739. The van der Waals surface area contributed by atoms with Gasteiger partial charge in [0.25, 0.3) is 0 Å². The van der Waals surface area contributed by atoms with Crippen molar-refractivity contribution in [1.82, 2.24) is 15.0 Å². The van der Waals surface area contributed by atoms with Crippen LogP contribution in [0, 0.1) is 0 Å². The third-order valence-electron chi connectivity index (χ3n) is 2.89. The second-order valence-electron chi connectivity index (χ2n) is 4.48. The van der Waals surface area contributed by atoms with Crippen LogP contribution in [0.2, 0.25) is 0 Å². The quantitative estimate of drug-likeness (QED) is 0.330. The molecular formula is C10H11N3Na2O7P2. The molecule has 1 aromatic heterocycles. The summed E-state index contributed by atoms with van der Waals surface area (Å²) in [6, 6.07) is 8.53. The number of hydrogen-bond acceptors (Lipinski definition) is 7. The summed E-state index contributed by atoms with van der Waals surface area (Å²) in [5, 5.41) is 13.0. The van der Waals surface area contributed by atoms with E-state index in [4.69, 9.17) is 9.79 Å². The van der Waals surface area contributed by atoms with E-state index < -0.39 is 26.8 Å². The van der Waals surface area contributed by atoms with E-state index in [0.717, 1.165) is 6.20 Å². The van der Waals surface area contributed by atoms with Gasteiger partial charge in [-0.05, 0) is 0 Å². The maximum absolute atomic E-state index is 11.1. The van der Waals surface area contributed by atoms with Gasteiger partial charge in [0.05, 0.1) is 12.7 Å². The Morgan fingerprint density at radius 3 is 2.04 bits per heavy atom. The van der Waals surface area contributed by atoms with Crippen LogP contribution in [0.1, 0.15) is 0 Å². The van der Waals surface area contributed by atoms with Gasteiger partial charge in [0.2, 0.25) is 5.08 Å². The van der Waals surface area contributed by atoms with E-state index in [0.29, 0.717) is 10.2 Å². The van der Waals surface area contributed by atoms with Crippen LogP contribution in [0.4, 0.5) is 0 Å². The zero-order chi connectivity index (χ0) is 16.6. The summed E-state index contributed by atoms with van der Waals surface area (Å²) in [6.45, 7) is -1.23. The van der Waals surface area contributed by atoms with Crippen molar-refractivity contribution in [2.45, 2.75) is 11.6 Å². The van der Waals surface area contributed by atoms with Crippen molar-refractivity contribution < 1.29 is 92.9 Å². The van der Waals surface area contributed by atoms with E-state index in [-0.39, 0.29) is 64.8 Å². The molecule has 2 aromatic rings. The van der Waals surface area contributed by atoms with Gasteiger partial charge in [0.1, 0.15) is 5.69 Å². The molecule has 10 nitrogen and oxygen atoms in total. The average molecular weight is 393 g/mol. The molecule has 14 heteroatoms. The summed E-state index contributed by atoms with van der Waals surface area (Å²) in [6.07, 6.45) is 1.16. The summed E-state index contributed by atoms with van der Waals surface area (Å²) in [5.41, 5.74) is 0.890. The average Bonchev–Trinajstić information content (AvgIpc) is 2.85. The van der Waals surface area contributed by atoms with Crippen molar-refractivity contribution in [2.75, 3.05) is 0 Å². The largest absolute Gasteiger partial charge is 1.00 e. The van der Waals surface area contributed by atoms with Crippen LogP contribution in [0.25, 0.3) is 11.3 Å². The molecule has 0 aliphatic heterocycles. The van der Waals surface area contributed by atoms with Gasteiger partial charge in [0.15, 0.2) is 15.2 Å². The zero-order valence-corrected chi connectivity index (χ0v) is 18.7. The smallest absolute Gasteiger partial charge is 0.776 e. The fraction of sp³-hybridized carbons (Fsp3) is 0.200. The van der Waals surface area contributed by atoms with Gasteiger partial charge < -0.3 is 33.8 Å². The maximum atomic E-state index is 11.1. The normalized spacial score (nSPS) is 18.2. The molecule has 0 aliphatic carbocycles. The first kappa shape index (κ1) is 24.6. The Kier molecular flexibility index (Phi) is 9.24. The van der Waals surface area contributed by atoms with Crippen LogP contribution in [0.5, 0.6) is 0 Å². The van der Waals surface area contributed by atoms with Crippen LogP contribution < -0.4 is 68.9 Å². The second-order valence-corrected chi connectivity index (χ2v) is 8.40. The van der Waals surface area contributed by atoms with E-state index in [9.17, 15) is 24.0 Å². The van der Waals surface area contributed by atoms with Crippen molar-refractivity contribution in [2.24, 2.45) is 0 Å². The fourth-order valence-corrected chi connectivity index (χ4v) is 3.60. The number of aliphatic hydroxyl groups is 1. The van der Waals surface area contributed by atoms with Crippen LogP contribution >= 0.6 is 15.2 Å². The monoisotopic (exact) mass is 393 g/mol. The molecule has 1 aromatic carbocycles. The van der Waals surface area contributed by atoms with Crippen LogP contribution in [0.3, 0.4) is 0 Å². The molecule has 2 unspecified atom stereocenters. The molecule has 2 atom stereocenters. The van der Waals surface area contributed by atoms with Crippen molar-refractivity contribution in [1.29, 1.82) is 0 Å². The van der Waals surface area contributed by atoms with Gasteiger partial charge in [-0.15, -0.1) is 5.10 Å². The van der Waals surface area contributed by atoms with Crippen molar-refractivity contribution in [3.8, 4) is 11.3 Å². The number of hydrogen-bond donors (Lipinski definition) is 3. The van der Waals surface area contributed by atoms with Gasteiger partial charge in [-0.2, -0.15) is 0 Å². The van der Waals surface area contributed by atoms with Crippen LogP contribution in [-0.4, -0.2) is 35.0 Å². The van der Waals surface area contributed by atoms with E-state index in [1.807, 2.05) is 0 Å². The van der Waals surface area contributed by atoms with Gasteiger partial charge in [0, 0.05) is 5.56 Å². The molecule has 24 heavy (non-hydrogen) atoms. The molecule has 3 N–H and O–H groups in total. The first-order chi connectivity index (χ1) is 10.0. The molecule has 0 aliphatic rings. The molecule has 0 amide bonds. The number of aromatic nitrogens is 3. The Morgan fingerprint density at radius 1 is 1.08 bits per heavy atom. The molecule has 0 bridgehead atoms. The van der Waals surface area contributed by atoms with Crippen LogP contribution in [-0.2, 0) is 15.7 Å². The minimum absolute atomic E-state index is 0. The van der Waals surface area contributed by atoms with Gasteiger partial charge in [-0.25, -0.2) is 4.68 Å². The second kappa shape index (κ2) is 9.01. The predicted octanol–water partition coefficient (Wildman–Crippen LogP) is -7.31. The van der Waals surface area contributed by atoms with E-state index in [2.05, 4.69) is 10.3 Å². The zero-order valence-electron chi connectivity index (χ0n) is 12.9.